The van der Waals surface area contributed by atoms with Crippen LogP contribution < -0.4 is 0 Å². The fourth-order valence-corrected chi connectivity index (χ4v) is 2.49. The zero-order valence-corrected chi connectivity index (χ0v) is 13.4. The first-order valence-electron chi connectivity index (χ1n) is 7.57. The van der Waals surface area contributed by atoms with E-state index in [-0.39, 0.29) is 19.0 Å². The second-order valence-electron chi connectivity index (χ2n) is 5.21. The monoisotopic (exact) mass is 327 g/mol. The van der Waals surface area contributed by atoms with Gasteiger partial charge in [0.2, 0.25) is 5.76 Å². The number of benzene rings is 1. The molecule has 0 spiro atoms. The molecule has 3 rings (SSSR count). The summed E-state index contributed by atoms with van der Waals surface area (Å²) in [5, 5.41) is 0.722. The molecule has 2 heterocycles. The summed E-state index contributed by atoms with van der Waals surface area (Å²) in [7, 11) is 1.76. The zero-order chi connectivity index (χ0) is 17.1. The van der Waals surface area contributed by atoms with Crippen molar-refractivity contribution < 1.29 is 23.5 Å². The van der Waals surface area contributed by atoms with Crippen LogP contribution in [0.1, 0.15) is 33.5 Å². The van der Waals surface area contributed by atoms with Crippen molar-refractivity contribution in [2.24, 2.45) is 7.05 Å². The number of furan rings is 1. The Balaban J connectivity index is 1.90. The Hall–Kier alpha value is -3.02. The number of aryl methyl sites for hydroxylation is 1. The van der Waals surface area contributed by atoms with Gasteiger partial charge in [-0.2, -0.15) is 0 Å². The molecule has 0 saturated heterocycles. The molecular weight excluding hydrogens is 310 g/mol. The average Bonchev–Trinajstić information content (AvgIpc) is 3.16. The lowest BCUT2D eigenvalue weighted by atomic mass is 10.1. The van der Waals surface area contributed by atoms with Crippen LogP contribution in [0.15, 0.2) is 47.0 Å². The molecule has 0 saturated carbocycles. The van der Waals surface area contributed by atoms with Crippen LogP contribution in [0.3, 0.4) is 0 Å². The number of esters is 2. The van der Waals surface area contributed by atoms with E-state index in [0.29, 0.717) is 16.8 Å². The van der Waals surface area contributed by atoms with Crippen molar-refractivity contribution in [2.75, 3.05) is 6.61 Å². The molecule has 6 heteroatoms. The second-order valence-corrected chi connectivity index (χ2v) is 5.21. The van der Waals surface area contributed by atoms with Crippen molar-refractivity contribution >= 4 is 22.9 Å². The third-order valence-electron chi connectivity index (χ3n) is 3.66. The summed E-state index contributed by atoms with van der Waals surface area (Å²) in [5.41, 5.74) is 1.48. The van der Waals surface area contributed by atoms with Gasteiger partial charge in [-0.05, 0) is 25.1 Å². The highest BCUT2D eigenvalue weighted by Gasteiger charge is 2.23. The maximum atomic E-state index is 12.2. The summed E-state index contributed by atoms with van der Waals surface area (Å²) in [5.74, 6) is -0.973. The molecule has 3 aromatic rings. The molecule has 0 atom stereocenters. The number of aromatic nitrogens is 1. The van der Waals surface area contributed by atoms with Crippen molar-refractivity contribution in [1.82, 2.24) is 4.57 Å². The molecule has 2 aromatic heterocycles. The first-order chi connectivity index (χ1) is 11.6. The molecule has 24 heavy (non-hydrogen) atoms. The van der Waals surface area contributed by atoms with E-state index in [1.807, 2.05) is 12.1 Å². The normalized spacial score (nSPS) is 10.8. The lowest BCUT2D eigenvalue weighted by Gasteiger charge is -2.06. The minimum absolute atomic E-state index is 0.0673. The molecular formula is C18H17NO5. The topological polar surface area (TPSA) is 70.7 Å². The van der Waals surface area contributed by atoms with Gasteiger partial charge in [0.1, 0.15) is 17.9 Å². The predicted octanol–water partition coefficient (Wildman–Crippen LogP) is 3.31. The van der Waals surface area contributed by atoms with Gasteiger partial charge < -0.3 is 18.5 Å². The third kappa shape index (κ3) is 2.90. The van der Waals surface area contributed by atoms with Crippen LogP contribution in [0.4, 0.5) is 0 Å². The first-order valence-corrected chi connectivity index (χ1v) is 7.57. The van der Waals surface area contributed by atoms with Gasteiger partial charge in [0.25, 0.3) is 0 Å². The van der Waals surface area contributed by atoms with Crippen molar-refractivity contribution in [3.05, 3.63) is 59.6 Å². The van der Waals surface area contributed by atoms with E-state index in [2.05, 4.69) is 0 Å². The maximum absolute atomic E-state index is 12.2. The summed E-state index contributed by atoms with van der Waals surface area (Å²) >= 11 is 0. The summed E-state index contributed by atoms with van der Waals surface area (Å²) in [6, 6.07) is 10.6. The largest absolute Gasteiger partial charge is 0.460 e. The molecule has 0 N–H and O–H groups in total. The van der Waals surface area contributed by atoms with Crippen LogP contribution in [0, 0.1) is 0 Å². The summed E-state index contributed by atoms with van der Waals surface area (Å²) < 4.78 is 17.6. The van der Waals surface area contributed by atoms with Gasteiger partial charge in [-0.15, -0.1) is 0 Å². The summed E-state index contributed by atoms with van der Waals surface area (Å²) in [6.45, 7) is 1.88. The Morgan fingerprint density at radius 2 is 1.88 bits per heavy atom. The molecule has 1 aromatic carbocycles. The van der Waals surface area contributed by atoms with Crippen LogP contribution in [0.2, 0.25) is 0 Å². The average molecular weight is 327 g/mol. The summed E-state index contributed by atoms with van der Waals surface area (Å²) in [6.07, 6.45) is 1.76. The molecule has 0 amide bonds. The Kier molecular flexibility index (Phi) is 4.37. The van der Waals surface area contributed by atoms with E-state index in [0.717, 1.165) is 5.39 Å². The van der Waals surface area contributed by atoms with Crippen LogP contribution in [-0.4, -0.2) is 23.1 Å². The van der Waals surface area contributed by atoms with Crippen LogP contribution in [-0.2, 0) is 23.1 Å². The minimum Gasteiger partial charge on any atom is -0.460 e. The number of fused-ring (bicyclic) bond motifs is 1. The maximum Gasteiger partial charge on any atom is 0.374 e. The molecule has 0 aliphatic carbocycles. The van der Waals surface area contributed by atoms with E-state index >= 15 is 0 Å². The third-order valence-corrected chi connectivity index (χ3v) is 3.66. The number of nitrogens with zero attached hydrogens (tertiary/aromatic N) is 1. The van der Waals surface area contributed by atoms with Crippen LogP contribution in [0.25, 0.3) is 11.0 Å². The van der Waals surface area contributed by atoms with E-state index in [9.17, 15) is 9.59 Å². The van der Waals surface area contributed by atoms with Gasteiger partial charge >= 0.3 is 11.9 Å². The molecule has 0 bridgehead atoms. The van der Waals surface area contributed by atoms with Crippen molar-refractivity contribution in [1.29, 1.82) is 0 Å². The SMILES string of the molecule is CCOC(=O)c1oc2ccccc2c1COC(=O)c1cccn1C. The number of hydrogen-bond acceptors (Lipinski definition) is 5. The van der Waals surface area contributed by atoms with E-state index < -0.39 is 11.9 Å². The van der Waals surface area contributed by atoms with Gasteiger partial charge in [-0.3, -0.25) is 0 Å². The van der Waals surface area contributed by atoms with E-state index in [4.69, 9.17) is 13.9 Å². The molecule has 0 fully saturated rings. The van der Waals surface area contributed by atoms with Gasteiger partial charge in [0.15, 0.2) is 0 Å². The van der Waals surface area contributed by atoms with Gasteiger partial charge in [-0.1, -0.05) is 18.2 Å². The van der Waals surface area contributed by atoms with Gasteiger partial charge in [0.05, 0.1) is 12.2 Å². The zero-order valence-electron chi connectivity index (χ0n) is 13.4. The standard InChI is InChI=1S/C18H17NO5/c1-3-22-18(21)16-13(12-7-4-5-9-15(12)24-16)11-23-17(20)14-8-6-10-19(14)2/h4-10H,3,11H2,1-2H3. The highest BCUT2D eigenvalue weighted by molar-refractivity contribution is 5.96. The summed E-state index contributed by atoms with van der Waals surface area (Å²) in [4.78, 5) is 24.3. The quantitative estimate of drug-likeness (QED) is 0.672. The Labute approximate surface area is 138 Å². The number of carbonyl (C=O) groups is 2. The Bertz CT molecular complexity index is 890. The number of hydrogen-bond donors (Lipinski definition) is 0. The van der Waals surface area contributed by atoms with Crippen molar-refractivity contribution in [3.8, 4) is 0 Å². The molecule has 6 nitrogen and oxygen atoms in total. The van der Waals surface area contributed by atoms with Crippen LogP contribution in [0.5, 0.6) is 0 Å². The molecule has 124 valence electrons. The minimum atomic E-state index is -0.571. The smallest absolute Gasteiger partial charge is 0.374 e. The second kappa shape index (κ2) is 6.62. The fraction of sp³-hybridized carbons (Fsp3) is 0.222. The van der Waals surface area contributed by atoms with Crippen LogP contribution >= 0.6 is 0 Å². The predicted molar refractivity (Wildman–Crippen MR) is 86.7 cm³/mol. The first kappa shape index (κ1) is 15.9. The van der Waals surface area contributed by atoms with Crippen molar-refractivity contribution in [2.45, 2.75) is 13.5 Å². The number of carbonyl (C=O) groups excluding carboxylic acids is 2. The van der Waals surface area contributed by atoms with E-state index in [1.54, 1.807) is 49.0 Å². The van der Waals surface area contributed by atoms with E-state index in [1.165, 1.54) is 0 Å². The number of ether oxygens (including phenoxy) is 2. The highest BCUT2D eigenvalue weighted by atomic mass is 16.5. The molecule has 0 radical (unpaired) electrons. The molecule has 0 aliphatic heterocycles. The van der Waals surface area contributed by atoms with Crippen molar-refractivity contribution in [3.63, 3.8) is 0 Å². The lowest BCUT2D eigenvalue weighted by molar-refractivity contribution is 0.0428. The Morgan fingerprint density at radius 1 is 1.08 bits per heavy atom. The van der Waals surface area contributed by atoms with Gasteiger partial charge in [0, 0.05) is 18.6 Å². The fourth-order valence-electron chi connectivity index (χ4n) is 2.49. The number of rotatable bonds is 5. The lowest BCUT2D eigenvalue weighted by Crippen LogP contribution is -2.12. The highest BCUT2D eigenvalue weighted by Crippen LogP contribution is 2.27. The molecule has 0 unspecified atom stereocenters. The number of para-hydroxylation sites is 1. The molecule has 0 aliphatic rings. The van der Waals surface area contributed by atoms with Gasteiger partial charge in [-0.25, -0.2) is 9.59 Å². The Morgan fingerprint density at radius 3 is 2.58 bits per heavy atom.